The van der Waals surface area contributed by atoms with Crippen molar-refractivity contribution in [3.63, 3.8) is 0 Å². The Labute approximate surface area is 83.0 Å². The molecule has 0 aliphatic carbocycles. The van der Waals surface area contributed by atoms with Crippen molar-refractivity contribution in [1.82, 2.24) is 10.4 Å². The third-order valence-electron chi connectivity index (χ3n) is 1.96. The molecule has 0 aromatic heterocycles. The molecule has 0 aromatic rings. The summed E-state index contributed by atoms with van der Waals surface area (Å²) in [6, 6.07) is 0. The van der Waals surface area contributed by atoms with Gasteiger partial charge < -0.3 is 15.6 Å². The average Bonchev–Trinajstić information content (AvgIpc) is 2.16. The first-order chi connectivity index (χ1) is 6.68. The zero-order valence-corrected chi connectivity index (χ0v) is 8.11. The van der Waals surface area contributed by atoms with Crippen molar-refractivity contribution in [1.29, 1.82) is 0 Å². The number of nitrogens with two attached hydrogens (primary N) is 1. The summed E-state index contributed by atoms with van der Waals surface area (Å²) >= 11 is 0. The van der Waals surface area contributed by atoms with Crippen LogP contribution in [0, 0.1) is 0 Å². The van der Waals surface area contributed by atoms with E-state index in [9.17, 15) is 4.79 Å². The van der Waals surface area contributed by atoms with E-state index in [1.165, 1.54) is 0 Å². The van der Waals surface area contributed by atoms with Gasteiger partial charge in [-0.2, -0.15) is 0 Å². The van der Waals surface area contributed by atoms with Gasteiger partial charge in [-0.3, -0.25) is 10.2 Å². The molecule has 1 rings (SSSR count). The second kappa shape index (κ2) is 5.92. The monoisotopic (exact) mass is 203 g/mol. The van der Waals surface area contributed by atoms with Gasteiger partial charge in [0.15, 0.2) is 0 Å². The van der Waals surface area contributed by atoms with Crippen molar-refractivity contribution in [3.8, 4) is 0 Å². The summed E-state index contributed by atoms with van der Waals surface area (Å²) in [5.41, 5.74) is 7.84. The molecule has 1 amide bonds. The summed E-state index contributed by atoms with van der Waals surface area (Å²) in [5, 5.41) is 10.6. The van der Waals surface area contributed by atoms with Crippen molar-refractivity contribution in [2.24, 2.45) is 5.73 Å². The molecule has 82 valence electrons. The van der Waals surface area contributed by atoms with Crippen LogP contribution >= 0.6 is 0 Å². The van der Waals surface area contributed by atoms with Gasteiger partial charge in [0.05, 0.1) is 13.2 Å². The molecule has 0 aromatic carbocycles. The molecule has 4 N–H and O–H groups in total. The number of rotatable bonds is 4. The summed E-state index contributed by atoms with van der Waals surface area (Å²) in [5.74, 6) is -0.114. The summed E-state index contributed by atoms with van der Waals surface area (Å²) in [6.07, 6.45) is -0.379. The highest BCUT2D eigenvalue weighted by Crippen LogP contribution is 1.95. The molecule has 1 atom stereocenters. The lowest BCUT2D eigenvalue weighted by molar-refractivity contribution is -0.128. The lowest BCUT2D eigenvalue weighted by Crippen LogP contribution is -2.48. The highest BCUT2D eigenvalue weighted by molar-refractivity contribution is 5.75. The fraction of sp³-hybridized carbons (Fsp3) is 0.875. The third-order valence-corrected chi connectivity index (χ3v) is 1.96. The third kappa shape index (κ3) is 4.52. The molecule has 1 aliphatic rings. The van der Waals surface area contributed by atoms with Crippen molar-refractivity contribution < 1.29 is 14.6 Å². The number of ether oxygens (including phenoxy) is 1. The molecule has 6 heteroatoms. The Bertz CT molecular complexity index is 181. The Balaban J connectivity index is 2.12. The fourth-order valence-corrected chi connectivity index (χ4v) is 1.19. The molecule has 0 spiro atoms. The molecule has 0 bridgehead atoms. The number of carbonyl (C=O) groups excluding carboxylic acids is 1. The van der Waals surface area contributed by atoms with Crippen LogP contribution in [-0.2, 0) is 9.53 Å². The molecular formula is C8H17N3O3. The standard InChI is InChI=1S/C8H17N3O3/c9-7(12)1-2-8(13)10-11-3-5-14-6-4-11/h7,12H,1-6,9H2,(H,10,13). The van der Waals surface area contributed by atoms with Gasteiger partial charge in [-0.25, -0.2) is 5.01 Å². The van der Waals surface area contributed by atoms with E-state index in [4.69, 9.17) is 15.6 Å². The van der Waals surface area contributed by atoms with Crippen molar-refractivity contribution >= 4 is 5.91 Å². The van der Waals surface area contributed by atoms with Crippen molar-refractivity contribution in [3.05, 3.63) is 0 Å². The van der Waals surface area contributed by atoms with Gasteiger partial charge in [0.25, 0.3) is 0 Å². The second-order valence-corrected chi connectivity index (χ2v) is 3.24. The number of aliphatic hydroxyl groups is 1. The van der Waals surface area contributed by atoms with Gasteiger partial charge in [-0.05, 0) is 6.42 Å². The van der Waals surface area contributed by atoms with Crippen LogP contribution in [-0.4, -0.2) is 48.6 Å². The second-order valence-electron chi connectivity index (χ2n) is 3.24. The van der Waals surface area contributed by atoms with E-state index in [0.717, 1.165) is 0 Å². The highest BCUT2D eigenvalue weighted by atomic mass is 16.5. The van der Waals surface area contributed by atoms with Gasteiger partial charge in [-0.1, -0.05) is 0 Å². The molecule has 0 saturated carbocycles. The van der Waals surface area contributed by atoms with Crippen LogP contribution in [0.25, 0.3) is 0 Å². The molecule has 1 heterocycles. The highest BCUT2D eigenvalue weighted by Gasteiger charge is 2.12. The summed E-state index contributed by atoms with van der Waals surface area (Å²) in [4.78, 5) is 11.3. The zero-order chi connectivity index (χ0) is 10.4. The number of nitrogens with one attached hydrogen (secondary N) is 1. The minimum absolute atomic E-state index is 0.114. The van der Waals surface area contributed by atoms with Crippen LogP contribution in [0.15, 0.2) is 0 Å². The lowest BCUT2D eigenvalue weighted by atomic mass is 10.3. The van der Waals surface area contributed by atoms with Crippen LogP contribution in [0.5, 0.6) is 0 Å². The number of morpholine rings is 1. The first-order valence-electron chi connectivity index (χ1n) is 4.74. The maximum Gasteiger partial charge on any atom is 0.234 e. The van der Waals surface area contributed by atoms with E-state index in [-0.39, 0.29) is 18.7 Å². The SMILES string of the molecule is NC(O)CCC(=O)NN1CCOCC1. The molecule has 1 unspecified atom stereocenters. The Morgan fingerprint density at radius 3 is 2.79 bits per heavy atom. The number of nitrogens with zero attached hydrogens (tertiary/aromatic N) is 1. The number of carbonyl (C=O) groups is 1. The van der Waals surface area contributed by atoms with Gasteiger partial charge in [0.2, 0.25) is 5.91 Å². The Morgan fingerprint density at radius 2 is 2.21 bits per heavy atom. The van der Waals surface area contributed by atoms with E-state index in [0.29, 0.717) is 26.3 Å². The van der Waals surface area contributed by atoms with Crippen molar-refractivity contribution in [2.75, 3.05) is 26.3 Å². The lowest BCUT2D eigenvalue weighted by Gasteiger charge is -2.26. The topological polar surface area (TPSA) is 87.8 Å². The summed E-state index contributed by atoms with van der Waals surface area (Å²) in [7, 11) is 0. The Kier molecular flexibility index (Phi) is 4.81. The predicted molar refractivity (Wildman–Crippen MR) is 50.0 cm³/mol. The maximum absolute atomic E-state index is 11.3. The first-order valence-corrected chi connectivity index (χ1v) is 4.74. The quantitative estimate of drug-likeness (QED) is 0.479. The molecule has 6 nitrogen and oxygen atoms in total. The predicted octanol–water partition coefficient (Wildman–Crippen LogP) is -1.59. The molecule has 1 fully saturated rings. The summed E-state index contributed by atoms with van der Waals surface area (Å²) < 4.78 is 5.13. The van der Waals surface area contributed by atoms with E-state index in [2.05, 4.69) is 5.43 Å². The van der Waals surface area contributed by atoms with Crippen LogP contribution < -0.4 is 11.2 Å². The molecular weight excluding hydrogens is 186 g/mol. The molecule has 14 heavy (non-hydrogen) atoms. The van der Waals surface area contributed by atoms with E-state index in [1.807, 2.05) is 5.01 Å². The zero-order valence-electron chi connectivity index (χ0n) is 8.11. The van der Waals surface area contributed by atoms with Gasteiger partial charge in [0.1, 0.15) is 6.23 Å². The maximum atomic E-state index is 11.3. The van der Waals surface area contributed by atoms with E-state index in [1.54, 1.807) is 0 Å². The number of amides is 1. The number of hydrogen-bond donors (Lipinski definition) is 3. The molecule has 1 saturated heterocycles. The first kappa shape index (κ1) is 11.4. The normalized spacial score (nSPS) is 20.4. The van der Waals surface area contributed by atoms with Gasteiger partial charge >= 0.3 is 0 Å². The van der Waals surface area contributed by atoms with E-state index < -0.39 is 6.23 Å². The number of hydrogen-bond acceptors (Lipinski definition) is 5. The minimum Gasteiger partial charge on any atom is -0.379 e. The molecule has 0 radical (unpaired) electrons. The smallest absolute Gasteiger partial charge is 0.234 e. The number of hydrazine groups is 1. The minimum atomic E-state index is -0.912. The fourth-order valence-electron chi connectivity index (χ4n) is 1.19. The van der Waals surface area contributed by atoms with Crippen molar-refractivity contribution in [2.45, 2.75) is 19.1 Å². The largest absolute Gasteiger partial charge is 0.379 e. The van der Waals surface area contributed by atoms with Gasteiger partial charge in [-0.15, -0.1) is 0 Å². The van der Waals surface area contributed by atoms with Crippen LogP contribution in [0.4, 0.5) is 0 Å². The van der Waals surface area contributed by atoms with Crippen LogP contribution in [0.2, 0.25) is 0 Å². The van der Waals surface area contributed by atoms with Crippen LogP contribution in [0.3, 0.4) is 0 Å². The van der Waals surface area contributed by atoms with Gasteiger partial charge in [0, 0.05) is 19.5 Å². The number of aliphatic hydroxyl groups excluding tert-OH is 1. The average molecular weight is 203 g/mol. The Morgan fingerprint density at radius 1 is 1.57 bits per heavy atom. The van der Waals surface area contributed by atoms with Crippen LogP contribution in [0.1, 0.15) is 12.8 Å². The Hall–Kier alpha value is -0.690. The summed E-state index contributed by atoms with van der Waals surface area (Å²) in [6.45, 7) is 2.69. The van der Waals surface area contributed by atoms with E-state index >= 15 is 0 Å². The molecule has 1 aliphatic heterocycles.